The second-order valence-electron chi connectivity index (χ2n) is 16.6. The minimum Gasteiger partial charge on any atom is -0.472 e. The summed E-state index contributed by atoms with van der Waals surface area (Å²) in [6.45, 7) is 28.5. The van der Waals surface area contributed by atoms with Crippen LogP contribution in [0, 0.1) is 0 Å². The van der Waals surface area contributed by atoms with Crippen LogP contribution in [0.5, 0.6) is 5.88 Å². The van der Waals surface area contributed by atoms with Gasteiger partial charge in [-0.3, -0.25) is 9.36 Å². The number of nitrogens with zero attached hydrogens (tertiary/aromatic N) is 4. The number of rotatable bonds is 13. The van der Waals surface area contributed by atoms with Crippen LogP contribution in [-0.4, -0.2) is 67.5 Å². The van der Waals surface area contributed by atoms with Crippen LogP contribution in [-0.2, 0) is 18.4 Å². The van der Waals surface area contributed by atoms with Gasteiger partial charge >= 0.3 is 0 Å². The molecule has 0 radical (unpaired) electrons. The molecule has 2 N–H and O–H groups in total. The molecule has 1 aliphatic heterocycles. The average Bonchev–Trinajstić information content (AvgIpc) is 3.66. The Hall–Kier alpha value is -3.89. The van der Waals surface area contributed by atoms with Gasteiger partial charge in [-0.25, -0.2) is 4.98 Å². The molecule has 1 fully saturated rings. The zero-order chi connectivity index (χ0) is 38.1. The molecule has 13 heteroatoms. The predicted octanol–water partition coefficient (Wildman–Crippen LogP) is 9.46. The van der Waals surface area contributed by atoms with Crippen LogP contribution < -0.4 is 15.4 Å². The van der Waals surface area contributed by atoms with Crippen molar-refractivity contribution in [3.63, 3.8) is 0 Å². The van der Waals surface area contributed by atoms with Crippen molar-refractivity contribution in [1.29, 1.82) is 0 Å². The van der Waals surface area contributed by atoms with Gasteiger partial charge in [0.05, 0.1) is 30.4 Å². The fourth-order valence-electron chi connectivity index (χ4n) is 5.48. The van der Waals surface area contributed by atoms with Crippen LogP contribution in [0.4, 0.5) is 17.3 Å². The van der Waals surface area contributed by atoms with Gasteiger partial charge in [-0.15, -0.1) is 0 Å². The van der Waals surface area contributed by atoms with Crippen LogP contribution in [0.15, 0.2) is 67.5 Å². The zero-order valence-corrected chi connectivity index (χ0v) is 34.7. The van der Waals surface area contributed by atoms with E-state index in [1.54, 1.807) is 12.4 Å². The van der Waals surface area contributed by atoms with Gasteiger partial charge in [0.15, 0.2) is 27.8 Å². The summed E-state index contributed by atoms with van der Waals surface area (Å²) >= 11 is 0. The Morgan fingerprint density at radius 1 is 0.981 bits per heavy atom. The lowest BCUT2D eigenvalue weighted by Crippen LogP contribution is -2.48. The van der Waals surface area contributed by atoms with Crippen molar-refractivity contribution < 1.29 is 23.1 Å². The molecule has 0 saturated carbocycles. The molecule has 280 valence electrons. The number of hydrogen-bond donors (Lipinski definition) is 2. The Balaban J connectivity index is 1.54. The predicted molar refractivity (Wildman–Crippen MR) is 214 cm³/mol. The minimum atomic E-state index is -2.16. The van der Waals surface area contributed by atoms with Crippen molar-refractivity contribution in [3.05, 3.63) is 67.5 Å². The van der Waals surface area contributed by atoms with Crippen LogP contribution >= 0.6 is 0 Å². The number of aromatic nitrogens is 4. The van der Waals surface area contributed by atoms with Crippen LogP contribution in [0.1, 0.15) is 61.1 Å². The molecule has 0 spiro atoms. The van der Waals surface area contributed by atoms with Crippen molar-refractivity contribution in [1.82, 2.24) is 19.5 Å². The van der Waals surface area contributed by atoms with Crippen LogP contribution in [0.3, 0.4) is 0 Å². The van der Waals surface area contributed by atoms with Gasteiger partial charge in [-0.1, -0.05) is 90.6 Å². The van der Waals surface area contributed by atoms with E-state index in [9.17, 15) is 4.79 Å². The number of anilines is 3. The maximum Gasteiger partial charge on any atom is 0.247 e. The van der Waals surface area contributed by atoms with Crippen molar-refractivity contribution in [2.45, 2.75) is 110 Å². The second-order valence-corrected chi connectivity index (χ2v) is 26.1. The monoisotopic (exact) mass is 744 g/mol. The molecule has 3 heterocycles. The molecule has 5 rings (SSSR count). The first-order valence-corrected chi connectivity index (χ1v) is 23.8. The van der Waals surface area contributed by atoms with Crippen molar-refractivity contribution >= 4 is 51.0 Å². The third kappa shape index (κ3) is 8.83. The first-order chi connectivity index (χ1) is 24.3. The number of carbonyl (C=O) groups is 1. The lowest BCUT2D eigenvalue weighted by molar-refractivity contribution is -0.114. The molecule has 2 aromatic heterocycles. The first kappa shape index (κ1) is 39.3. The molecule has 0 bridgehead atoms. The molecule has 2 aromatic carbocycles. The number of carbonyl (C=O) groups excluding carboxylic acids is 1. The standard InChI is InChI=1S/C39H56N6O5Si2/c1-13-21-47-36-34-35(43-37(44-36)42-30-22-28(27-17-15-14-16-18-27)19-20-29(30)41-26(2)46)45(25-40-34)33-23-31(50-52(11,12)39(6,7)8)32(49-33)24-48-51(9,10)38(3,4)5/h13-20,22,25,31-33H,1,21,23-24H2,2-12H3,(H,41,46)(H,42,43,44)/t31-,32+,33+/m0/s1. The number of ether oxygens (including phenoxy) is 2. The summed E-state index contributed by atoms with van der Waals surface area (Å²) in [7, 11) is -4.22. The summed E-state index contributed by atoms with van der Waals surface area (Å²) in [5.41, 5.74) is 4.25. The number of imidazole rings is 1. The summed E-state index contributed by atoms with van der Waals surface area (Å²) < 4.78 is 28.6. The van der Waals surface area contributed by atoms with Crippen molar-refractivity contribution in [2.75, 3.05) is 23.8 Å². The van der Waals surface area contributed by atoms with E-state index in [1.165, 1.54) is 6.92 Å². The third-order valence-electron chi connectivity index (χ3n) is 10.6. The average molecular weight is 745 g/mol. The molecule has 11 nitrogen and oxygen atoms in total. The fourth-order valence-corrected chi connectivity index (χ4v) is 7.85. The van der Waals surface area contributed by atoms with Gasteiger partial charge in [0, 0.05) is 13.3 Å². The van der Waals surface area contributed by atoms with Gasteiger partial charge < -0.3 is 29.0 Å². The second kappa shape index (κ2) is 15.2. The Morgan fingerprint density at radius 2 is 1.67 bits per heavy atom. The minimum absolute atomic E-state index is 0.0245. The van der Waals surface area contributed by atoms with E-state index in [0.717, 1.165) is 11.1 Å². The fraction of sp³-hybridized carbons (Fsp3) is 0.487. The molecule has 52 heavy (non-hydrogen) atoms. The highest BCUT2D eigenvalue weighted by Crippen LogP contribution is 2.43. The third-order valence-corrected chi connectivity index (χ3v) is 19.6. The lowest BCUT2D eigenvalue weighted by atomic mass is 10.0. The Bertz CT molecular complexity index is 1880. The highest BCUT2D eigenvalue weighted by atomic mass is 28.4. The smallest absolute Gasteiger partial charge is 0.247 e. The van der Waals surface area contributed by atoms with E-state index in [2.05, 4.69) is 84.9 Å². The molecular weight excluding hydrogens is 689 g/mol. The van der Waals surface area contributed by atoms with Crippen LogP contribution in [0.2, 0.25) is 36.3 Å². The summed E-state index contributed by atoms with van der Waals surface area (Å²) in [4.78, 5) is 26.6. The highest BCUT2D eigenvalue weighted by molar-refractivity contribution is 6.74. The summed E-state index contributed by atoms with van der Waals surface area (Å²) in [6, 6.07) is 15.8. The number of amides is 1. The quantitative estimate of drug-likeness (QED) is 0.102. The van der Waals surface area contributed by atoms with Gasteiger partial charge in [0.1, 0.15) is 18.9 Å². The van der Waals surface area contributed by atoms with Gasteiger partial charge in [-0.2, -0.15) is 9.97 Å². The van der Waals surface area contributed by atoms with E-state index in [0.29, 0.717) is 41.4 Å². The number of nitrogens with one attached hydrogen (secondary N) is 2. The topological polar surface area (TPSA) is 122 Å². The molecule has 1 aliphatic rings. The summed E-state index contributed by atoms with van der Waals surface area (Å²) in [5.74, 6) is 0.381. The Morgan fingerprint density at radius 3 is 2.31 bits per heavy atom. The molecular formula is C39H56N6O5Si2. The van der Waals surface area contributed by atoms with Crippen LogP contribution in [0.25, 0.3) is 22.3 Å². The van der Waals surface area contributed by atoms with Crippen molar-refractivity contribution in [3.8, 4) is 17.0 Å². The number of fused-ring (bicyclic) bond motifs is 1. The van der Waals surface area contributed by atoms with E-state index < -0.39 is 22.9 Å². The molecule has 1 amide bonds. The van der Waals surface area contributed by atoms with E-state index in [1.807, 2.05) is 53.1 Å². The normalized spacial score (nSPS) is 18.4. The Labute approximate surface area is 310 Å². The SMILES string of the molecule is C=CCOc1nc(Nc2cc(-c3ccccc3)ccc2NC(C)=O)nc2c1ncn2[C@H]1C[C@H](O[Si](C)(C)C(C)(C)C)[C@@H](CO[Si](C)(C)C(C)(C)C)O1. The summed E-state index contributed by atoms with van der Waals surface area (Å²) in [5, 5.41) is 6.37. The van der Waals surface area contributed by atoms with E-state index in [4.69, 9.17) is 33.3 Å². The summed E-state index contributed by atoms with van der Waals surface area (Å²) in [6.07, 6.45) is 3.12. The van der Waals surface area contributed by atoms with Gasteiger partial charge in [0.2, 0.25) is 17.7 Å². The lowest BCUT2D eigenvalue weighted by Gasteiger charge is -2.40. The highest BCUT2D eigenvalue weighted by Gasteiger charge is 2.47. The van der Waals surface area contributed by atoms with Crippen molar-refractivity contribution in [2.24, 2.45) is 0 Å². The van der Waals surface area contributed by atoms with E-state index in [-0.39, 0.29) is 40.7 Å². The maximum atomic E-state index is 12.2. The van der Waals surface area contributed by atoms with E-state index >= 15 is 0 Å². The molecule has 3 atom stereocenters. The maximum absolute atomic E-state index is 12.2. The largest absolute Gasteiger partial charge is 0.472 e. The number of hydrogen-bond acceptors (Lipinski definition) is 9. The van der Waals surface area contributed by atoms with Gasteiger partial charge in [-0.05, 0) is 59.5 Å². The molecule has 1 saturated heterocycles. The molecule has 0 unspecified atom stereocenters. The Kier molecular flexibility index (Phi) is 11.5. The molecule has 0 aliphatic carbocycles. The van der Waals surface area contributed by atoms with Gasteiger partial charge in [0.25, 0.3) is 0 Å². The zero-order valence-electron chi connectivity index (χ0n) is 32.7. The molecule has 4 aromatic rings. The first-order valence-electron chi connectivity index (χ1n) is 18.0. The number of benzene rings is 2.